The monoisotopic (exact) mass is 339 g/mol. The molecule has 0 radical (unpaired) electrons. The average molecular weight is 339 g/mol. The highest BCUT2D eigenvalue weighted by molar-refractivity contribution is 6.10. The molecule has 6 nitrogen and oxygen atoms in total. The number of carbonyl (C=O) groups excluding carboxylic acids is 2. The van der Waals surface area contributed by atoms with Gasteiger partial charge in [0.25, 0.3) is 5.91 Å². The lowest BCUT2D eigenvalue weighted by atomic mass is 10.2. The van der Waals surface area contributed by atoms with Crippen LogP contribution in [0.1, 0.15) is 20.8 Å². The van der Waals surface area contributed by atoms with Crippen molar-refractivity contribution in [3.63, 3.8) is 0 Å². The minimum atomic E-state index is -0.737. The van der Waals surface area contributed by atoms with Crippen molar-refractivity contribution in [3.8, 4) is 5.69 Å². The highest BCUT2D eigenvalue weighted by Gasteiger charge is 2.23. The van der Waals surface area contributed by atoms with Crippen LogP contribution in [0.5, 0.6) is 0 Å². The summed E-state index contributed by atoms with van der Waals surface area (Å²) in [6, 6.07) is 14.3. The number of aromatic nitrogens is 2. The topological polar surface area (TPSA) is 73.2 Å². The summed E-state index contributed by atoms with van der Waals surface area (Å²) < 4.78 is 19.1. The molecule has 1 amide bonds. The lowest BCUT2D eigenvalue weighted by molar-refractivity contribution is 0.0590. The molecule has 0 saturated heterocycles. The number of nitrogens with zero attached hydrogens (tertiary/aromatic N) is 2. The molecule has 0 spiro atoms. The maximum absolute atomic E-state index is 13.1. The number of anilines is 1. The van der Waals surface area contributed by atoms with Crippen LogP contribution in [-0.4, -0.2) is 28.8 Å². The van der Waals surface area contributed by atoms with E-state index in [1.165, 1.54) is 42.3 Å². The number of halogens is 1. The molecule has 7 heteroatoms. The number of methoxy groups -OCH3 is 1. The zero-order valence-corrected chi connectivity index (χ0v) is 13.3. The normalized spacial score (nSPS) is 10.3. The zero-order valence-electron chi connectivity index (χ0n) is 13.3. The van der Waals surface area contributed by atoms with Gasteiger partial charge in [0.1, 0.15) is 5.82 Å². The van der Waals surface area contributed by atoms with Crippen molar-refractivity contribution in [2.24, 2.45) is 0 Å². The Morgan fingerprint density at radius 2 is 1.76 bits per heavy atom. The van der Waals surface area contributed by atoms with E-state index in [-0.39, 0.29) is 11.3 Å². The van der Waals surface area contributed by atoms with Gasteiger partial charge < -0.3 is 10.1 Å². The van der Waals surface area contributed by atoms with Crippen LogP contribution in [0.3, 0.4) is 0 Å². The Morgan fingerprint density at radius 3 is 2.40 bits per heavy atom. The number of ether oxygens (including phenoxy) is 1. The predicted octanol–water partition coefficient (Wildman–Crippen LogP) is 3.05. The summed E-state index contributed by atoms with van der Waals surface area (Å²) in [5, 5.41) is 6.79. The van der Waals surface area contributed by atoms with Gasteiger partial charge in [-0.1, -0.05) is 18.2 Å². The number of carbonyl (C=O) groups is 2. The van der Waals surface area contributed by atoms with Crippen LogP contribution in [-0.2, 0) is 4.74 Å². The van der Waals surface area contributed by atoms with E-state index in [0.717, 1.165) is 0 Å². The fraction of sp³-hybridized carbons (Fsp3) is 0.0556. The van der Waals surface area contributed by atoms with Crippen molar-refractivity contribution in [2.45, 2.75) is 0 Å². The molecule has 0 aliphatic heterocycles. The van der Waals surface area contributed by atoms with Gasteiger partial charge >= 0.3 is 5.97 Å². The first-order valence-corrected chi connectivity index (χ1v) is 7.39. The SMILES string of the molecule is COC(=O)c1nn(-c2ccc(F)cc2)cc1C(=O)Nc1ccccc1. The Kier molecular flexibility index (Phi) is 4.56. The van der Waals surface area contributed by atoms with E-state index in [4.69, 9.17) is 4.74 Å². The highest BCUT2D eigenvalue weighted by atomic mass is 19.1. The molecule has 25 heavy (non-hydrogen) atoms. The predicted molar refractivity (Wildman–Crippen MR) is 89.3 cm³/mol. The summed E-state index contributed by atoms with van der Waals surface area (Å²) in [6.45, 7) is 0. The van der Waals surface area contributed by atoms with Crippen LogP contribution in [0.15, 0.2) is 60.8 Å². The van der Waals surface area contributed by atoms with E-state index in [1.54, 1.807) is 24.3 Å². The lowest BCUT2D eigenvalue weighted by Gasteiger charge is -2.04. The van der Waals surface area contributed by atoms with Gasteiger partial charge in [0.15, 0.2) is 5.69 Å². The van der Waals surface area contributed by atoms with E-state index < -0.39 is 17.7 Å². The molecule has 0 saturated carbocycles. The molecule has 0 atom stereocenters. The molecule has 126 valence electrons. The van der Waals surface area contributed by atoms with Crippen LogP contribution in [0.2, 0.25) is 0 Å². The van der Waals surface area contributed by atoms with E-state index in [2.05, 4.69) is 10.4 Å². The summed E-state index contributed by atoms with van der Waals surface area (Å²) in [4.78, 5) is 24.5. The Morgan fingerprint density at radius 1 is 1.08 bits per heavy atom. The van der Waals surface area contributed by atoms with Crippen molar-refractivity contribution in [3.05, 3.63) is 77.9 Å². The molecule has 0 aliphatic rings. The molecule has 1 aromatic heterocycles. The summed E-state index contributed by atoms with van der Waals surface area (Å²) in [5.41, 5.74) is 1.02. The molecular formula is C18H14FN3O3. The molecule has 2 aromatic carbocycles. The molecule has 3 rings (SSSR count). The zero-order chi connectivity index (χ0) is 17.8. The van der Waals surface area contributed by atoms with Crippen LogP contribution in [0.25, 0.3) is 5.69 Å². The first-order chi connectivity index (χ1) is 12.1. The Labute approximate surface area is 142 Å². The van der Waals surface area contributed by atoms with Crippen LogP contribution in [0, 0.1) is 5.82 Å². The first-order valence-electron chi connectivity index (χ1n) is 7.39. The third kappa shape index (κ3) is 3.55. The maximum Gasteiger partial charge on any atom is 0.359 e. The van der Waals surface area contributed by atoms with Crippen LogP contribution in [0.4, 0.5) is 10.1 Å². The molecule has 3 aromatic rings. The third-order valence-corrected chi connectivity index (χ3v) is 3.46. The van der Waals surface area contributed by atoms with E-state index >= 15 is 0 Å². The third-order valence-electron chi connectivity index (χ3n) is 3.46. The Bertz CT molecular complexity index is 905. The van der Waals surface area contributed by atoms with Crippen LogP contribution < -0.4 is 5.32 Å². The molecule has 1 heterocycles. The number of amides is 1. The van der Waals surface area contributed by atoms with Crippen molar-refractivity contribution < 1.29 is 18.7 Å². The molecule has 0 unspecified atom stereocenters. The molecule has 0 bridgehead atoms. The number of hydrogen-bond donors (Lipinski definition) is 1. The minimum absolute atomic E-state index is 0.0556. The summed E-state index contributed by atoms with van der Waals surface area (Å²) in [5.74, 6) is -1.63. The number of nitrogens with one attached hydrogen (secondary N) is 1. The summed E-state index contributed by atoms with van der Waals surface area (Å²) in [7, 11) is 1.21. The number of rotatable bonds is 4. The quantitative estimate of drug-likeness (QED) is 0.742. The standard InChI is InChI=1S/C18H14FN3O3/c1-25-18(24)16-15(17(23)20-13-5-3-2-4-6-13)11-22(21-16)14-9-7-12(19)8-10-14/h2-11H,1H3,(H,20,23). The average Bonchev–Trinajstić information content (AvgIpc) is 3.08. The second-order valence-corrected chi connectivity index (χ2v) is 5.12. The van der Waals surface area contributed by atoms with Gasteiger partial charge in [0, 0.05) is 11.9 Å². The van der Waals surface area contributed by atoms with Crippen LogP contribution >= 0.6 is 0 Å². The second kappa shape index (κ2) is 6.96. The molecule has 0 aliphatic carbocycles. The summed E-state index contributed by atoms with van der Waals surface area (Å²) in [6.07, 6.45) is 1.40. The Balaban J connectivity index is 1.97. The summed E-state index contributed by atoms with van der Waals surface area (Å²) >= 11 is 0. The lowest BCUT2D eigenvalue weighted by Crippen LogP contribution is -2.16. The fourth-order valence-corrected chi connectivity index (χ4v) is 2.23. The largest absolute Gasteiger partial charge is 0.464 e. The molecular weight excluding hydrogens is 325 g/mol. The smallest absolute Gasteiger partial charge is 0.359 e. The van der Waals surface area contributed by atoms with Gasteiger partial charge in [0.05, 0.1) is 18.4 Å². The van der Waals surface area contributed by atoms with Gasteiger partial charge in [-0.25, -0.2) is 13.9 Å². The maximum atomic E-state index is 13.1. The molecule has 1 N–H and O–H groups in total. The van der Waals surface area contributed by atoms with Crippen molar-refractivity contribution in [1.82, 2.24) is 9.78 Å². The number of benzene rings is 2. The number of esters is 1. The highest BCUT2D eigenvalue weighted by Crippen LogP contribution is 2.16. The number of para-hydroxylation sites is 1. The van der Waals surface area contributed by atoms with E-state index in [9.17, 15) is 14.0 Å². The van der Waals surface area contributed by atoms with E-state index in [0.29, 0.717) is 11.4 Å². The van der Waals surface area contributed by atoms with Gasteiger partial charge in [0.2, 0.25) is 0 Å². The van der Waals surface area contributed by atoms with Crippen molar-refractivity contribution >= 4 is 17.6 Å². The first kappa shape index (κ1) is 16.4. The number of hydrogen-bond acceptors (Lipinski definition) is 4. The van der Waals surface area contributed by atoms with E-state index in [1.807, 2.05) is 6.07 Å². The molecule has 0 fully saturated rings. The Hall–Kier alpha value is -3.48. The van der Waals surface area contributed by atoms with Gasteiger partial charge in [-0.3, -0.25) is 4.79 Å². The van der Waals surface area contributed by atoms with Crippen molar-refractivity contribution in [1.29, 1.82) is 0 Å². The van der Waals surface area contributed by atoms with Gasteiger partial charge in [-0.05, 0) is 36.4 Å². The minimum Gasteiger partial charge on any atom is -0.464 e. The van der Waals surface area contributed by atoms with Gasteiger partial charge in [-0.2, -0.15) is 5.10 Å². The second-order valence-electron chi connectivity index (χ2n) is 5.12. The van der Waals surface area contributed by atoms with Gasteiger partial charge in [-0.15, -0.1) is 0 Å². The van der Waals surface area contributed by atoms with Crippen molar-refractivity contribution in [2.75, 3.05) is 12.4 Å². The fourth-order valence-electron chi connectivity index (χ4n) is 2.23.